The number of rotatable bonds is 4. The third-order valence-electron chi connectivity index (χ3n) is 2.09. The van der Waals surface area contributed by atoms with E-state index in [-0.39, 0.29) is 12.3 Å². The van der Waals surface area contributed by atoms with Gasteiger partial charge < -0.3 is 5.32 Å². The van der Waals surface area contributed by atoms with Crippen molar-refractivity contribution in [1.82, 2.24) is 5.32 Å². The fraction of sp³-hybridized carbons (Fsp3) is 0.364. The lowest BCUT2D eigenvalue weighted by Gasteiger charge is -2.07. The smallest absolute Gasteiger partial charge is 0.176 e. The second kappa shape index (κ2) is 5.37. The zero-order chi connectivity index (χ0) is 11.4. The van der Waals surface area contributed by atoms with E-state index in [4.69, 9.17) is 0 Å². The molecule has 0 aliphatic heterocycles. The van der Waals surface area contributed by atoms with E-state index < -0.39 is 6.17 Å². The van der Waals surface area contributed by atoms with Crippen molar-refractivity contribution in [2.75, 3.05) is 13.6 Å². The summed E-state index contributed by atoms with van der Waals surface area (Å²) in [7, 11) is 1.71. The Morgan fingerprint density at radius 2 is 2.27 bits per heavy atom. The van der Waals surface area contributed by atoms with Crippen LogP contribution in [0.3, 0.4) is 0 Å². The predicted molar refractivity (Wildman–Crippen MR) is 61.9 cm³/mol. The van der Waals surface area contributed by atoms with Crippen molar-refractivity contribution >= 4 is 21.7 Å². The van der Waals surface area contributed by atoms with Crippen LogP contribution in [0, 0.1) is 0 Å². The van der Waals surface area contributed by atoms with Crippen molar-refractivity contribution in [1.29, 1.82) is 0 Å². The average Bonchev–Trinajstić information content (AvgIpc) is 2.17. The summed E-state index contributed by atoms with van der Waals surface area (Å²) in [6.07, 6.45) is -1.03. The number of ketones is 1. The van der Waals surface area contributed by atoms with Crippen LogP contribution < -0.4 is 5.32 Å². The maximum absolute atomic E-state index is 13.0. The molecule has 2 nitrogen and oxygen atoms in total. The Balaban J connectivity index is 2.96. The molecule has 0 spiro atoms. The topological polar surface area (TPSA) is 29.1 Å². The lowest BCUT2D eigenvalue weighted by atomic mass is 10.1. The fourth-order valence-corrected chi connectivity index (χ4v) is 1.98. The van der Waals surface area contributed by atoms with Crippen LogP contribution in [0.5, 0.6) is 0 Å². The van der Waals surface area contributed by atoms with Gasteiger partial charge in [0.05, 0.1) is 6.54 Å². The number of hydrogen-bond donors (Lipinski definition) is 1. The standard InChI is InChI=1S/C11H13BrFNO/c1-7(13)9-4-3-8(5-10(9)12)11(15)6-14-2/h3-5,7,14H,6H2,1-2H3. The van der Waals surface area contributed by atoms with Crippen LogP contribution in [0.15, 0.2) is 22.7 Å². The summed E-state index contributed by atoms with van der Waals surface area (Å²) in [5.41, 5.74) is 1.15. The van der Waals surface area contributed by atoms with E-state index in [1.54, 1.807) is 25.2 Å². The summed E-state index contributed by atoms with van der Waals surface area (Å²) in [4.78, 5) is 11.5. The first kappa shape index (κ1) is 12.3. The van der Waals surface area contributed by atoms with Crippen LogP contribution in [0.2, 0.25) is 0 Å². The first-order valence-corrected chi connectivity index (χ1v) is 5.47. The highest BCUT2D eigenvalue weighted by molar-refractivity contribution is 9.10. The number of likely N-dealkylation sites (N-methyl/N-ethyl adjacent to an activating group) is 1. The van der Waals surface area contributed by atoms with Gasteiger partial charge in [0.25, 0.3) is 0 Å². The Morgan fingerprint density at radius 3 is 2.73 bits per heavy atom. The van der Waals surface area contributed by atoms with Crippen LogP contribution in [0.25, 0.3) is 0 Å². The average molecular weight is 274 g/mol. The third kappa shape index (κ3) is 3.11. The van der Waals surface area contributed by atoms with E-state index in [9.17, 15) is 9.18 Å². The van der Waals surface area contributed by atoms with E-state index in [0.717, 1.165) is 0 Å². The molecule has 1 atom stereocenters. The van der Waals surface area contributed by atoms with Gasteiger partial charge in [-0.1, -0.05) is 28.1 Å². The van der Waals surface area contributed by atoms with Gasteiger partial charge in [-0.25, -0.2) is 4.39 Å². The highest BCUT2D eigenvalue weighted by Crippen LogP contribution is 2.26. The highest BCUT2D eigenvalue weighted by Gasteiger charge is 2.11. The largest absolute Gasteiger partial charge is 0.313 e. The summed E-state index contributed by atoms with van der Waals surface area (Å²) in [5.74, 6) is -0.00346. The van der Waals surface area contributed by atoms with Crippen LogP contribution in [0.4, 0.5) is 4.39 Å². The number of benzene rings is 1. The van der Waals surface area contributed by atoms with Crippen molar-refractivity contribution in [3.63, 3.8) is 0 Å². The fourth-order valence-electron chi connectivity index (χ4n) is 1.29. The van der Waals surface area contributed by atoms with Gasteiger partial charge in [-0.05, 0) is 25.6 Å². The predicted octanol–water partition coefficient (Wildman–Crippen LogP) is 2.88. The molecule has 0 radical (unpaired) electrons. The quantitative estimate of drug-likeness (QED) is 0.855. The lowest BCUT2D eigenvalue weighted by molar-refractivity contribution is 0.0993. The molecule has 1 unspecified atom stereocenters. The van der Waals surface area contributed by atoms with Crippen molar-refractivity contribution in [2.45, 2.75) is 13.1 Å². The van der Waals surface area contributed by atoms with Crippen LogP contribution in [-0.2, 0) is 0 Å². The van der Waals surface area contributed by atoms with E-state index in [2.05, 4.69) is 21.2 Å². The van der Waals surface area contributed by atoms with Crippen LogP contribution in [-0.4, -0.2) is 19.4 Å². The number of halogens is 2. The number of Topliss-reactive ketones (excluding diaryl/α,β-unsaturated/α-hetero) is 1. The lowest BCUT2D eigenvalue weighted by Crippen LogP contribution is -2.18. The molecule has 0 saturated carbocycles. The summed E-state index contributed by atoms with van der Waals surface area (Å²) < 4.78 is 13.7. The number of alkyl halides is 1. The van der Waals surface area contributed by atoms with Gasteiger partial charge in [-0.15, -0.1) is 0 Å². The van der Waals surface area contributed by atoms with Crippen molar-refractivity contribution < 1.29 is 9.18 Å². The zero-order valence-electron chi connectivity index (χ0n) is 8.68. The second-order valence-corrected chi connectivity index (χ2v) is 4.16. The minimum absolute atomic E-state index is 0.00346. The van der Waals surface area contributed by atoms with Crippen molar-refractivity contribution in [3.8, 4) is 0 Å². The Bertz CT molecular complexity index is 366. The normalized spacial score (nSPS) is 12.5. The molecule has 0 fully saturated rings. The Hall–Kier alpha value is -0.740. The minimum Gasteiger partial charge on any atom is -0.313 e. The van der Waals surface area contributed by atoms with Gasteiger partial charge in [-0.2, -0.15) is 0 Å². The molecular formula is C11H13BrFNO. The summed E-state index contributed by atoms with van der Waals surface area (Å²) in [6.45, 7) is 1.76. The molecule has 0 heterocycles. The van der Waals surface area contributed by atoms with Gasteiger partial charge in [0.1, 0.15) is 6.17 Å². The molecule has 0 aromatic heterocycles. The molecule has 0 bridgehead atoms. The van der Waals surface area contributed by atoms with E-state index in [1.807, 2.05) is 0 Å². The summed E-state index contributed by atoms with van der Waals surface area (Å²) >= 11 is 3.25. The zero-order valence-corrected chi connectivity index (χ0v) is 10.3. The Labute approximate surface area is 97.0 Å². The molecule has 82 valence electrons. The van der Waals surface area contributed by atoms with Gasteiger partial charge in [-0.3, -0.25) is 4.79 Å². The van der Waals surface area contributed by atoms with E-state index in [0.29, 0.717) is 15.6 Å². The molecule has 4 heteroatoms. The molecular weight excluding hydrogens is 261 g/mol. The molecule has 1 aromatic carbocycles. The molecule has 1 aromatic rings. The van der Waals surface area contributed by atoms with Crippen molar-refractivity contribution in [3.05, 3.63) is 33.8 Å². The number of nitrogens with one attached hydrogen (secondary N) is 1. The first-order valence-electron chi connectivity index (χ1n) is 4.67. The molecule has 0 aliphatic rings. The van der Waals surface area contributed by atoms with Gasteiger partial charge in [0.15, 0.2) is 5.78 Å². The molecule has 0 amide bonds. The van der Waals surface area contributed by atoms with Crippen LogP contribution in [0.1, 0.15) is 29.0 Å². The van der Waals surface area contributed by atoms with Crippen LogP contribution >= 0.6 is 15.9 Å². The molecule has 0 aliphatic carbocycles. The second-order valence-electron chi connectivity index (χ2n) is 3.31. The molecule has 1 N–H and O–H groups in total. The van der Waals surface area contributed by atoms with Gasteiger partial charge >= 0.3 is 0 Å². The van der Waals surface area contributed by atoms with E-state index in [1.165, 1.54) is 6.92 Å². The SMILES string of the molecule is CNCC(=O)c1ccc(C(C)F)c(Br)c1. The van der Waals surface area contributed by atoms with Gasteiger partial charge in [0.2, 0.25) is 0 Å². The highest BCUT2D eigenvalue weighted by atomic mass is 79.9. The Morgan fingerprint density at radius 1 is 1.60 bits per heavy atom. The van der Waals surface area contributed by atoms with Crippen molar-refractivity contribution in [2.24, 2.45) is 0 Å². The summed E-state index contributed by atoms with van der Waals surface area (Å²) in [6, 6.07) is 4.94. The number of hydrogen-bond acceptors (Lipinski definition) is 2. The number of carbonyl (C=O) groups is 1. The maximum Gasteiger partial charge on any atom is 0.176 e. The molecule has 15 heavy (non-hydrogen) atoms. The summed E-state index contributed by atoms with van der Waals surface area (Å²) in [5, 5.41) is 2.78. The third-order valence-corrected chi connectivity index (χ3v) is 2.78. The first-order chi connectivity index (χ1) is 7.06. The molecule has 1 rings (SSSR count). The number of carbonyl (C=O) groups excluding carboxylic acids is 1. The maximum atomic E-state index is 13.0. The minimum atomic E-state index is -1.03. The monoisotopic (exact) mass is 273 g/mol. The Kier molecular flexibility index (Phi) is 4.42. The van der Waals surface area contributed by atoms with E-state index >= 15 is 0 Å². The van der Waals surface area contributed by atoms with Gasteiger partial charge in [0, 0.05) is 10.0 Å². The molecule has 0 saturated heterocycles.